The van der Waals surface area contributed by atoms with Gasteiger partial charge in [-0.2, -0.15) is 0 Å². The standard InChI is InChI=1S/C26H27N3O2/c30-26(27-19-22-14-8-3-9-15-22)28-24(17-21-12-6-2-7-13-21)25-18-23(29-31-25)16-20-10-4-1-5-11-20/h1-15,18,24-25,29H,16-17,19H2,(H2,27,28,30). The molecule has 3 N–H and O–H groups in total. The van der Waals surface area contributed by atoms with Crippen molar-refractivity contribution in [3.05, 3.63) is 119 Å². The number of amides is 2. The summed E-state index contributed by atoms with van der Waals surface area (Å²) in [6.45, 7) is 0.476. The maximum absolute atomic E-state index is 12.6. The van der Waals surface area contributed by atoms with Crippen molar-refractivity contribution in [2.24, 2.45) is 0 Å². The average molecular weight is 414 g/mol. The Balaban J connectivity index is 1.42. The van der Waals surface area contributed by atoms with Crippen molar-refractivity contribution >= 4 is 6.03 Å². The second-order valence-corrected chi connectivity index (χ2v) is 7.65. The molecule has 158 valence electrons. The van der Waals surface area contributed by atoms with E-state index in [-0.39, 0.29) is 18.2 Å². The topological polar surface area (TPSA) is 62.4 Å². The summed E-state index contributed by atoms with van der Waals surface area (Å²) in [5.74, 6) is 0. The number of allylic oxidation sites excluding steroid dienone is 1. The van der Waals surface area contributed by atoms with E-state index in [0.29, 0.717) is 13.0 Å². The fourth-order valence-corrected chi connectivity index (χ4v) is 3.63. The van der Waals surface area contributed by atoms with Gasteiger partial charge in [0.05, 0.1) is 6.04 Å². The van der Waals surface area contributed by atoms with Gasteiger partial charge in [-0.05, 0) is 29.2 Å². The Morgan fingerprint density at radius 2 is 1.42 bits per heavy atom. The van der Waals surface area contributed by atoms with E-state index < -0.39 is 0 Å². The number of urea groups is 1. The van der Waals surface area contributed by atoms with Gasteiger partial charge in [-0.25, -0.2) is 4.79 Å². The maximum atomic E-state index is 12.6. The molecular formula is C26H27N3O2. The van der Waals surface area contributed by atoms with Crippen LogP contribution in [0.4, 0.5) is 4.79 Å². The van der Waals surface area contributed by atoms with Gasteiger partial charge in [-0.15, -0.1) is 0 Å². The minimum atomic E-state index is -0.263. The van der Waals surface area contributed by atoms with Crippen molar-refractivity contribution in [2.45, 2.75) is 31.5 Å². The molecule has 3 aromatic rings. The van der Waals surface area contributed by atoms with E-state index in [2.05, 4.69) is 46.5 Å². The first-order valence-electron chi connectivity index (χ1n) is 10.5. The van der Waals surface area contributed by atoms with E-state index in [1.54, 1.807) is 0 Å². The van der Waals surface area contributed by atoms with Gasteiger partial charge in [0.2, 0.25) is 0 Å². The number of carbonyl (C=O) groups is 1. The Morgan fingerprint density at radius 3 is 2.06 bits per heavy atom. The second-order valence-electron chi connectivity index (χ2n) is 7.65. The number of benzene rings is 3. The minimum Gasteiger partial charge on any atom is -0.334 e. The lowest BCUT2D eigenvalue weighted by molar-refractivity contribution is 0.0225. The molecule has 0 saturated heterocycles. The third-order valence-electron chi connectivity index (χ3n) is 5.24. The Morgan fingerprint density at radius 1 is 0.839 bits per heavy atom. The van der Waals surface area contributed by atoms with Gasteiger partial charge >= 0.3 is 6.03 Å². The summed E-state index contributed by atoms with van der Waals surface area (Å²) in [5.41, 5.74) is 7.45. The van der Waals surface area contributed by atoms with Crippen molar-refractivity contribution in [3.8, 4) is 0 Å². The third kappa shape index (κ3) is 6.20. The zero-order valence-corrected chi connectivity index (χ0v) is 17.3. The van der Waals surface area contributed by atoms with Crippen molar-refractivity contribution < 1.29 is 9.63 Å². The number of carbonyl (C=O) groups excluding carboxylic acids is 1. The van der Waals surface area contributed by atoms with Crippen LogP contribution in [0.15, 0.2) is 103 Å². The van der Waals surface area contributed by atoms with Crippen LogP contribution in [0.5, 0.6) is 0 Å². The summed E-state index contributed by atoms with van der Waals surface area (Å²) in [6, 6.07) is 29.8. The Hall–Kier alpha value is -3.57. The molecule has 0 aromatic heterocycles. The van der Waals surface area contributed by atoms with Crippen LogP contribution >= 0.6 is 0 Å². The summed E-state index contributed by atoms with van der Waals surface area (Å²) in [7, 11) is 0. The summed E-state index contributed by atoms with van der Waals surface area (Å²) in [6.07, 6.45) is 3.23. The summed E-state index contributed by atoms with van der Waals surface area (Å²) in [5, 5.41) is 6.05. The van der Waals surface area contributed by atoms with Crippen LogP contribution in [-0.4, -0.2) is 18.2 Å². The molecule has 2 unspecified atom stereocenters. The van der Waals surface area contributed by atoms with Crippen molar-refractivity contribution in [2.75, 3.05) is 0 Å². The van der Waals surface area contributed by atoms with Crippen LogP contribution in [0.25, 0.3) is 0 Å². The summed E-state index contributed by atoms with van der Waals surface area (Å²) >= 11 is 0. The van der Waals surface area contributed by atoms with Gasteiger partial charge in [0.15, 0.2) is 0 Å². The third-order valence-corrected chi connectivity index (χ3v) is 5.24. The van der Waals surface area contributed by atoms with E-state index in [4.69, 9.17) is 4.84 Å². The zero-order chi connectivity index (χ0) is 21.3. The van der Waals surface area contributed by atoms with Crippen LogP contribution in [0.1, 0.15) is 16.7 Å². The number of hydrogen-bond donors (Lipinski definition) is 3. The van der Waals surface area contributed by atoms with Crippen LogP contribution in [0.3, 0.4) is 0 Å². The highest BCUT2D eigenvalue weighted by atomic mass is 16.7. The number of rotatable bonds is 8. The van der Waals surface area contributed by atoms with Gasteiger partial charge in [0, 0.05) is 18.7 Å². The fourth-order valence-electron chi connectivity index (χ4n) is 3.63. The Kier molecular flexibility index (Phi) is 6.98. The first-order chi connectivity index (χ1) is 15.3. The lowest BCUT2D eigenvalue weighted by Gasteiger charge is -2.23. The van der Waals surface area contributed by atoms with Crippen molar-refractivity contribution in [3.63, 3.8) is 0 Å². The molecule has 1 aliphatic rings. The first-order valence-corrected chi connectivity index (χ1v) is 10.5. The largest absolute Gasteiger partial charge is 0.334 e. The number of hydroxylamine groups is 1. The van der Waals surface area contributed by atoms with E-state index >= 15 is 0 Å². The molecule has 5 heteroatoms. The molecular weight excluding hydrogens is 386 g/mol. The van der Waals surface area contributed by atoms with Crippen LogP contribution in [0.2, 0.25) is 0 Å². The molecule has 2 amide bonds. The maximum Gasteiger partial charge on any atom is 0.315 e. The smallest absolute Gasteiger partial charge is 0.315 e. The summed E-state index contributed by atoms with van der Waals surface area (Å²) in [4.78, 5) is 18.5. The Bertz CT molecular complexity index is 991. The zero-order valence-electron chi connectivity index (χ0n) is 17.3. The van der Waals surface area contributed by atoms with Gasteiger partial charge in [0.25, 0.3) is 0 Å². The quantitative estimate of drug-likeness (QED) is 0.520. The van der Waals surface area contributed by atoms with Crippen LogP contribution < -0.4 is 16.1 Å². The molecule has 1 aliphatic heterocycles. The molecule has 31 heavy (non-hydrogen) atoms. The van der Waals surface area contributed by atoms with E-state index in [1.807, 2.05) is 66.7 Å². The molecule has 5 nitrogen and oxygen atoms in total. The Labute approximate surface area is 183 Å². The lowest BCUT2D eigenvalue weighted by Crippen LogP contribution is -2.48. The van der Waals surface area contributed by atoms with Gasteiger partial charge in [-0.1, -0.05) is 91.0 Å². The van der Waals surface area contributed by atoms with Crippen molar-refractivity contribution in [1.82, 2.24) is 16.1 Å². The van der Waals surface area contributed by atoms with Gasteiger partial charge in [-0.3, -0.25) is 10.3 Å². The van der Waals surface area contributed by atoms with Gasteiger partial charge < -0.3 is 10.6 Å². The van der Waals surface area contributed by atoms with E-state index in [9.17, 15) is 4.79 Å². The second kappa shape index (κ2) is 10.5. The fraction of sp³-hybridized carbons (Fsp3) is 0.192. The minimum absolute atomic E-state index is 0.209. The molecule has 0 aliphatic carbocycles. The van der Waals surface area contributed by atoms with Crippen LogP contribution in [-0.2, 0) is 24.2 Å². The first kappa shape index (κ1) is 20.7. The molecule has 1 heterocycles. The predicted octanol–water partition coefficient (Wildman–Crippen LogP) is 4.13. The molecule has 0 spiro atoms. The molecule has 2 atom stereocenters. The van der Waals surface area contributed by atoms with E-state index in [0.717, 1.165) is 23.2 Å². The van der Waals surface area contributed by atoms with E-state index in [1.165, 1.54) is 5.56 Å². The molecule has 3 aromatic carbocycles. The highest BCUT2D eigenvalue weighted by Gasteiger charge is 2.28. The van der Waals surface area contributed by atoms with Crippen molar-refractivity contribution in [1.29, 1.82) is 0 Å². The lowest BCUT2D eigenvalue weighted by atomic mass is 10.00. The van der Waals surface area contributed by atoms with Gasteiger partial charge in [0.1, 0.15) is 6.10 Å². The highest BCUT2D eigenvalue weighted by Crippen LogP contribution is 2.18. The molecule has 4 rings (SSSR count). The highest BCUT2D eigenvalue weighted by molar-refractivity contribution is 5.74. The monoisotopic (exact) mass is 413 g/mol. The molecule has 0 fully saturated rings. The number of hydrogen-bond acceptors (Lipinski definition) is 3. The normalized spacial score (nSPS) is 16.1. The number of nitrogens with one attached hydrogen (secondary N) is 3. The summed E-state index contributed by atoms with van der Waals surface area (Å²) < 4.78 is 0. The molecule has 0 saturated carbocycles. The SMILES string of the molecule is O=C(NCc1ccccc1)NC(Cc1ccccc1)C1C=C(Cc2ccccc2)NO1. The molecule has 0 radical (unpaired) electrons. The predicted molar refractivity (Wildman–Crippen MR) is 122 cm³/mol. The van der Waals surface area contributed by atoms with Crippen LogP contribution in [0, 0.1) is 0 Å². The average Bonchev–Trinajstić information content (AvgIpc) is 3.28. The molecule has 0 bridgehead atoms.